The number of unbranched alkanes of at least 4 members (excludes halogenated alkanes) is 1. The van der Waals surface area contributed by atoms with E-state index in [0.717, 1.165) is 38.2 Å². The number of benzene rings is 4. The lowest BCUT2D eigenvalue weighted by Crippen LogP contribution is -2.43. The lowest BCUT2D eigenvalue weighted by molar-refractivity contribution is 0.302. The van der Waals surface area contributed by atoms with Gasteiger partial charge in [-0.05, 0) is 65.3 Å². The standard InChI is InChI=1S/C34H31NO/c1-2-34-28-19-9-6-16-25(28)31(26-17-7-10-20-29(26)34)32-27-18-8-11-21-30(27)35(33(32)34)22-12-13-23-36-24-14-4-3-5-15-24/h3-11,14-21,31H,2,12-13,22-23H2,1H3. The maximum atomic E-state index is 6.00. The summed E-state index contributed by atoms with van der Waals surface area (Å²) in [5, 5.41) is 1.42. The summed E-state index contributed by atoms with van der Waals surface area (Å²) >= 11 is 0. The molecule has 178 valence electrons. The van der Waals surface area contributed by atoms with E-state index < -0.39 is 0 Å². The third kappa shape index (κ3) is 2.91. The lowest BCUT2D eigenvalue weighted by Gasteiger charge is -2.50. The zero-order valence-electron chi connectivity index (χ0n) is 20.8. The van der Waals surface area contributed by atoms with E-state index in [9.17, 15) is 0 Å². The van der Waals surface area contributed by atoms with Crippen molar-refractivity contribution in [1.82, 2.24) is 4.57 Å². The Bertz CT molecular complexity index is 1510. The van der Waals surface area contributed by atoms with E-state index in [2.05, 4.69) is 84.3 Å². The van der Waals surface area contributed by atoms with Gasteiger partial charge in [-0.3, -0.25) is 0 Å². The van der Waals surface area contributed by atoms with Crippen molar-refractivity contribution >= 4 is 10.9 Å². The summed E-state index contributed by atoms with van der Waals surface area (Å²) in [5.74, 6) is 1.25. The van der Waals surface area contributed by atoms with Gasteiger partial charge in [0, 0.05) is 29.1 Å². The number of hydrogen-bond donors (Lipinski definition) is 0. The number of aromatic nitrogens is 1. The molecule has 0 saturated carbocycles. The van der Waals surface area contributed by atoms with E-state index >= 15 is 0 Å². The minimum absolute atomic E-state index is 0.114. The normalized spacial score (nSPS) is 19.1. The van der Waals surface area contributed by atoms with Crippen LogP contribution in [-0.2, 0) is 12.0 Å². The van der Waals surface area contributed by atoms with Crippen LogP contribution in [0, 0.1) is 0 Å². The first-order chi connectivity index (χ1) is 17.8. The Balaban J connectivity index is 1.34. The Morgan fingerprint density at radius 1 is 0.722 bits per heavy atom. The monoisotopic (exact) mass is 469 g/mol. The van der Waals surface area contributed by atoms with Gasteiger partial charge in [-0.25, -0.2) is 0 Å². The molecule has 0 fully saturated rings. The Morgan fingerprint density at radius 2 is 1.36 bits per heavy atom. The van der Waals surface area contributed by atoms with Crippen molar-refractivity contribution in [3.63, 3.8) is 0 Å². The van der Waals surface area contributed by atoms with Gasteiger partial charge in [0.15, 0.2) is 0 Å². The highest BCUT2D eigenvalue weighted by molar-refractivity contribution is 5.91. The van der Waals surface area contributed by atoms with Crippen molar-refractivity contribution in [3.8, 4) is 5.75 Å². The van der Waals surface area contributed by atoms with Crippen LogP contribution in [-0.4, -0.2) is 11.2 Å². The first-order valence-electron chi connectivity index (χ1n) is 13.3. The van der Waals surface area contributed by atoms with Crippen LogP contribution in [0.2, 0.25) is 0 Å². The number of aryl methyl sites for hydroxylation is 1. The van der Waals surface area contributed by atoms with Crippen molar-refractivity contribution in [2.24, 2.45) is 0 Å². The predicted octanol–water partition coefficient (Wildman–Crippen LogP) is 8.05. The molecule has 3 aliphatic rings. The summed E-state index contributed by atoms with van der Waals surface area (Å²) in [4.78, 5) is 0. The van der Waals surface area contributed by atoms with Crippen molar-refractivity contribution in [3.05, 3.63) is 137 Å². The second-order valence-corrected chi connectivity index (χ2v) is 10.2. The van der Waals surface area contributed by atoms with E-state index in [0.29, 0.717) is 5.92 Å². The zero-order chi connectivity index (χ0) is 24.1. The van der Waals surface area contributed by atoms with Gasteiger partial charge >= 0.3 is 0 Å². The Morgan fingerprint density at radius 3 is 2.08 bits per heavy atom. The van der Waals surface area contributed by atoms with E-state index in [1.165, 1.54) is 44.4 Å². The van der Waals surface area contributed by atoms with Crippen LogP contribution < -0.4 is 4.74 Å². The fourth-order valence-electron chi connectivity index (χ4n) is 7.10. The molecule has 2 heteroatoms. The van der Waals surface area contributed by atoms with Gasteiger partial charge in [-0.2, -0.15) is 0 Å². The Labute approximate surface area is 213 Å². The van der Waals surface area contributed by atoms with Crippen LogP contribution in [0.1, 0.15) is 65.6 Å². The number of nitrogens with zero attached hydrogens (tertiary/aromatic N) is 1. The number of ether oxygens (including phenoxy) is 1. The van der Waals surface area contributed by atoms with E-state index in [-0.39, 0.29) is 5.41 Å². The molecule has 5 aromatic rings. The number of rotatable bonds is 7. The minimum atomic E-state index is -0.114. The van der Waals surface area contributed by atoms with Crippen molar-refractivity contribution < 1.29 is 4.74 Å². The highest BCUT2D eigenvalue weighted by Crippen LogP contribution is 2.62. The van der Waals surface area contributed by atoms with Crippen molar-refractivity contribution in [2.75, 3.05) is 6.61 Å². The topological polar surface area (TPSA) is 14.2 Å². The number of hydrogen-bond acceptors (Lipinski definition) is 1. The number of fused-ring (bicyclic) bond motifs is 1. The SMILES string of the molecule is CCC12c3ccccc3C(c3ccccc31)c1c2n(CCCCOc2ccccc2)c2ccccc12. The van der Waals surface area contributed by atoms with E-state index in [4.69, 9.17) is 4.74 Å². The van der Waals surface area contributed by atoms with Gasteiger partial charge < -0.3 is 9.30 Å². The van der Waals surface area contributed by atoms with Crippen LogP contribution in [0.3, 0.4) is 0 Å². The van der Waals surface area contributed by atoms with Gasteiger partial charge in [-0.1, -0.05) is 91.9 Å². The summed E-state index contributed by atoms with van der Waals surface area (Å²) < 4.78 is 8.66. The molecule has 0 unspecified atom stereocenters. The molecular formula is C34H31NO. The Kier molecular flexibility index (Phi) is 5.02. The molecule has 4 aromatic carbocycles. The van der Waals surface area contributed by atoms with Crippen LogP contribution in [0.25, 0.3) is 10.9 Å². The predicted molar refractivity (Wildman–Crippen MR) is 147 cm³/mol. The third-order valence-electron chi connectivity index (χ3n) is 8.48. The van der Waals surface area contributed by atoms with Gasteiger partial charge in [0.1, 0.15) is 5.75 Å². The molecule has 0 saturated heterocycles. The van der Waals surface area contributed by atoms with Crippen LogP contribution in [0.15, 0.2) is 103 Å². The first-order valence-corrected chi connectivity index (χ1v) is 13.3. The second kappa shape index (κ2) is 8.41. The smallest absolute Gasteiger partial charge is 0.119 e. The van der Waals surface area contributed by atoms with Crippen LogP contribution >= 0.6 is 0 Å². The molecule has 0 radical (unpaired) electrons. The molecule has 1 aromatic heterocycles. The van der Waals surface area contributed by atoms with E-state index in [1.54, 1.807) is 0 Å². The maximum absolute atomic E-state index is 6.00. The molecule has 3 aliphatic carbocycles. The molecule has 0 amide bonds. The Hall–Kier alpha value is -3.78. The first kappa shape index (κ1) is 21.5. The van der Waals surface area contributed by atoms with Crippen molar-refractivity contribution in [2.45, 2.75) is 44.1 Å². The summed E-state index contributed by atoms with van der Waals surface area (Å²) in [7, 11) is 0. The molecule has 0 N–H and O–H groups in total. The molecule has 36 heavy (non-hydrogen) atoms. The average molecular weight is 470 g/mol. The molecule has 0 spiro atoms. The molecule has 0 aliphatic heterocycles. The van der Waals surface area contributed by atoms with Gasteiger partial charge in [-0.15, -0.1) is 0 Å². The highest BCUT2D eigenvalue weighted by Gasteiger charge is 2.53. The van der Waals surface area contributed by atoms with E-state index in [1.807, 2.05) is 30.3 Å². The zero-order valence-corrected chi connectivity index (χ0v) is 20.8. The van der Waals surface area contributed by atoms with Gasteiger partial charge in [0.2, 0.25) is 0 Å². The summed E-state index contributed by atoms with van der Waals surface area (Å²) in [6, 6.07) is 37.7. The average Bonchev–Trinajstić information content (AvgIpc) is 3.28. The summed E-state index contributed by atoms with van der Waals surface area (Å²) in [5.41, 5.74) is 10.3. The minimum Gasteiger partial charge on any atom is -0.494 e. The fourth-order valence-corrected chi connectivity index (χ4v) is 7.10. The molecular weight excluding hydrogens is 438 g/mol. The molecule has 8 rings (SSSR count). The second-order valence-electron chi connectivity index (χ2n) is 10.2. The number of para-hydroxylation sites is 2. The molecule has 1 heterocycles. The highest BCUT2D eigenvalue weighted by atomic mass is 16.5. The summed E-state index contributed by atoms with van der Waals surface area (Å²) in [6.45, 7) is 4.13. The molecule has 2 bridgehead atoms. The van der Waals surface area contributed by atoms with Crippen molar-refractivity contribution in [1.29, 1.82) is 0 Å². The van der Waals surface area contributed by atoms with Gasteiger partial charge in [0.05, 0.1) is 12.0 Å². The van der Waals surface area contributed by atoms with Crippen LogP contribution in [0.4, 0.5) is 0 Å². The maximum Gasteiger partial charge on any atom is 0.119 e. The largest absolute Gasteiger partial charge is 0.494 e. The summed E-state index contributed by atoms with van der Waals surface area (Å²) in [6.07, 6.45) is 3.17. The van der Waals surface area contributed by atoms with Crippen LogP contribution in [0.5, 0.6) is 5.75 Å². The lowest BCUT2D eigenvalue weighted by atomic mass is 9.53. The molecule has 0 atom stereocenters. The fraction of sp³-hybridized carbons (Fsp3) is 0.235. The third-order valence-corrected chi connectivity index (χ3v) is 8.48. The molecule has 2 nitrogen and oxygen atoms in total. The quantitative estimate of drug-likeness (QED) is 0.220. The van der Waals surface area contributed by atoms with Gasteiger partial charge in [0.25, 0.3) is 0 Å².